The van der Waals surface area contributed by atoms with Gasteiger partial charge in [-0.3, -0.25) is 0 Å². The molecule has 0 heterocycles. The lowest BCUT2D eigenvalue weighted by molar-refractivity contribution is 0.0554. The number of hydrogen-bond acceptors (Lipinski definition) is 4. The minimum Gasteiger partial charge on any atom is -0.465 e. The fraction of sp³-hybridized carbons (Fsp3) is 0.222. The Morgan fingerprint density at radius 1 is 0.864 bits per heavy atom. The first kappa shape index (κ1) is 15.8. The Kier molecular flexibility index (Phi) is 4.61. The van der Waals surface area contributed by atoms with E-state index in [2.05, 4.69) is 0 Å². The van der Waals surface area contributed by atoms with Crippen LogP contribution < -0.4 is 0 Å². The van der Waals surface area contributed by atoms with Crippen LogP contribution in [0, 0.1) is 13.8 Å². The van der Waals surface area contributed by atoms with Gasteiger partial charge in [-0.25, -0.2) is 9.59 Å². The number of carbonyl (C=O) groups is 2. The van der Waals surface area contributed by atoms with E-state index in [1.807, 2.05) is 37.3 Å². The van der Waals surface area contributed by atoms with Crippen molar-refractivity contribution in [2.24, 2.45) is 0 Å². The molecule has 2 rings (SSSR count). The molecule has 0 saturated carbocycles. The molecule has 0 aliphatic heterocycles. The van der Waals surface area contributed by atoms with Crippen molar-refractivity contribution in [3.05, 3.63) is 58.7 Å². The maximum Gasteiger partial charge on any atom is 0.339 e. The van der Waals surface area contributed by atoms with Gasteiger partial charge >= 0.3 is 11.9 Å². The molecular weight excluding hydrogens is 280 g/mol. The molecule has 0 spiro atoms. The first-order valence-corrected chi connectivity index (χ1v) is 6.87. The summed E-state index contributed by atoms with van der Waals surface area (Å²) < 4.78 is 9.62. The summed E-state index contributed by atoms with van der Waals surface area (Å²) in [6.07, 6.45) is 0. The highest BCUT2D eigenvalue weighted by molar-refractivity contribution is 6.05. The van der Waals surface area contributed by atoms with E-state index in [1.165, 1.54) is 14.2 Å². The van der Waals surface area contributed by atoms with Gasteiger partial charge in [-0.05, 0) is 42.2 Å². The summed E-state index contributed by atoms with van der Waals surface area (Å²) >= 11 is 0. The SMILES string of the molecule is COC(=O)c1cc(-c2ccccc2)c(C)c(C)c1C(=O)OC. The molecule has 0 atom stereocenters. The van der Waals surface area contributed by atoms with Gasteiger partial charge in [-0.15, -0.1) is 0 Å². The second-order valence-electron chi connectivity index (χ2n) is 4.95. The molecule has 22 heavy (non-hydrogen) atoms. The molecule has 2 aromatic rings. The van der Waals surface area contributed by atoms with Gasteiger partial charge in [-0.1, -0.05) is 30.3 Å². The summed E-state index contributed by atoms with van der Waals surface area (Å²) in [5, 5.41) is 0. The zero-order chi connectivity index (χ0) is 16.3. The topological polar surface area (TPSA) is 52.6 Å². The lowest BCUT2D eigenvalue weighted by Gasteiger charge is -2.16. The second-order valence-corrected chi connectivity index (χ2v) is 4.95. The molecule has 114 valence electrons. The molecule has 0 aliphatic carbocycles. The van der Waals surface area contributed by atoms with E-state index >= 15 is 0 Å². The van der Waals surface area contributed by atoms with E-state index in [1.54, 1.807) is 13.0 Å². The molecule has 4 heteroatoms. The van der Waals surface area contributed by atoms with Crippen molar-refractivity contribution in [3.63, 3.8) is 0 Å². The van der Waals surface area contributed by atoms with Gasteiger partial charge < -0.3 is 9.47 Å². The Bertz CT molecular complexity index is 718. The Morgan fingerprint density at radius 2 is 1.45 bits per heavy atom. The van der Waals surface area contributed by atoms with Crippen LogP contribution in [0.25, 0.3) is 11.1 Å². The average Bonchev–Trinajstić information content (AvgIpc) is 2.56. The van der Waals surface area contributed by atoms with Crippen molar-refractivity contribution in [2.45, 2.75) is 13.8 Å². The smallest absolute Gasteiger partial charge is 0.339 e. The van der Waals surface area contributed by atoms with E-state index in [9.17, 15) is 9.59 Å². The number of hydrogen-bond donors (Lipinski definition) is 0. The molecule has 0 unspecified atom stereocenters. The number of benzene rings is 2. The maximum atomic E-state index is 12.1. The van der Waals surface area contributed by atoms with Crippen molar-refractivity contribution < 1.29 is 19.1 Å². The van der Waals surface area contributed by atoms with Crippen LogP contribution in [0.3, 0.4) is 0 Å². The van der Waals surface area contributed by atoms with Crippen LogP contribution >= 0.6 is 0 Å². The summed E-state index contributed by atoms with van der Waals surface area (Å²) in [6.45, 7) is 3.73. The Hall–Kier alpha value is -2.62. The predicted molar refractivity (Wildman–Crippen MR) is 84.0 cm³/mol. The molecular formula is C18H18O4. The minimum atomic E-state index is -0.555. The standard InChI is InChI=1S/C18H18O4/c1-11-12(2)16(18(20)22-4)15(17(19)21-3)10-14(11)13-8-6-5-7-9-13/h5-10H,1-4H3. The zero-order valence-electron chi connectivity index (χ0n) is 13.1. The molecule has 0 saturated heterocycles. The number of rotatable bonds is 3. The highest BCUT2D eigenvalue weighted by atomic mass is 16.5. The monoisotopic (exact) mass is 298 g/mol. The lowest BCUT2D eigenvalue weighted by atomic mass is 9.89. The predicted octanol–water partition coefficient (Wildman–Crippen LogP) is 3.54. The Balaban J connectivity index is 2.77. The molecule has 0 N–H and O–H groups in total. The van der Waals surface area contributed by atoms with Crippen LogP contribution in [0.2, 0.25) is 0 Å². The van der Waals surface area contributed by atoms with Gasteiger partial charge in [0.2, 0.25) is 0 Å². The Labute approximate surface area is 129 Å². The molecule has 4 nitrogen and oxygen atoms in total. The molecule has 0 bridgehead atoms. The van der Waals surface area contributed by atoms with Crippen LogP contribution in [0.1, 0.15) is 31.8 Å². The third kappa shape index (κ3) is 2.72. The van der Waals surface area contributed by atoms with Crippen molar-refractivity contribution in [2.75, 3.05) is 14.2 Å². The van der Waals surface area contributed by atoms with E-state index in [4.69, 9.17) is 9.47 Å². The van der Waals surface area contributed by atoms with E-state index in [-0.39, 0.29) is 11.1 Å². The van der Waals surface area contributed by atoms with E-state index in [0.717, 1.165) is 16.7 Å². The number of methoxy groups -OCH3 is 2. The van der Waals surface area contributed by atoms with E-state index in [0.29, 0.717) is 5.56 Å². The summed E-state index contributed by atoms with van der Waals surface area (Å²) in [6, 6.07) is 11.4. The van der Waals surface area contributed by atoms with Crippen molar-refractivity contribution in [1.82, 2.24) is 0 Å². The first-order valence-electron chi connectivity index (χ1n) is 6.87. The molecule has 0 aliphatic rings. The molecule has 0 radical (unpaired) electrons. The van der Waals surface area contributed by atoms with Gasteiger partial charge in [0, 0.05) is 0 Å². The first-order chi connectivity index (χ1) is 10.5. The van der Waals surface area contributed by atoms with E-state index < -0.39 is 11.9 Å². The number of carbonyl (C=O) groups excluding carboxylic acids is 2. The van der Waals surface area contributed by atoms with Crippen LogP contribution in [0.15, 0.2) is 36.4 Å². The molecule has 0 amide bonds. The molecule has 0 fully saturated rings. The average molecular weight is 298 g/mol. The summed E-state index contributed by atoms with van der Waals surface area (Å²) in [4.78, 5) is 24.1. The normalized spacial score (nSPS) is 10.2. The van der Waals surface area contributed by atoms with Crippen LogP contribution in [-0.4, -0.2) is 26.2 Å². The van der Waals surface area contributed by atoms with Crippen molar-refractivity contribution in [3.8, 4) is 11.1 Å². The summed E-state index contributed by atoms with van der Waals surface area (Å²) in [5.74, 6) is -1.10. The molecule has 0 aromatic heterocycles. The summed E-state index contributed by atoms with van der Waals surface area (Å²) in [5.41, 5.74) is 3.99. The highest BCUT2D eigenvalue weighted by Gasteiger charge is 2.24. The maximum absolute atomic E-state index is 12.1. The fourth-order valence-corrected chi connectivity index (χ4v) is 2.47. The van der Waals surface area contributed by atoms with Crippen LogP contribution in [-0.2, 0) is 9.47 Å². The third-order valence-electron chi connectivity index (χ3n) is 3.78. The van der Waals surface area contributed by atoms with Gasteiger partial charge in [0.25, 0.3) is 0 Å². The summed E-state index contributed by atoms with van der Waals surface area (Å²) in [7, 11) is 2.59. The van der Waals surface area contributed by atoms with Gasteiger partial charge in [0.1, 0.15) is 0 Å². The number of esters is 2. The zero-order valence-corrected chi connectivity index (χ0v) is 13.1. The molecule has 2 aromatic carbocycles. The quantitative estimate of drug-likeness (QED) is 0.813. The minimum absolute atomic E-state index is 0.219. The number of ether oxygens (including phenoxy) is 2. The Morgan fingerprint density at radius 3 is 2.00 bits per heavy atom. The van der Waals surface area contributed by atoms with Gasteiger partial charge in [-0.2, -0.15) is 0 Å². The van der Waals surface area contributed by atoms with Crippen molar-refractivity contribution in [1.29, 1.82) is 0 Å². The van der Waals surface area contributed by atoms with Gasteiger partial charge in [0.15, 0.2) is 0 Å². The van der Waals surface area contributed by atoms with Crippen LogP contribution in [0.5, 0.6) is 0 Å². The van der Waals surface area contributed by atoms with Crippen LogP contribution in [0.4, 0.5) is 0 Å². The van der Waals surface area contributed by atoms with Crippen molar-refractivity contribution >= 4 is 11.9 Å². The fourth-order valence-electron chi connectivity index (χ4n) is 2.47. The largest absolute Gasteiger partial charge is 0.465 e. The highest BCUT2D eigenvalue weighted by Crippen LogP contribution is 2.31. The third-order valence-corrected chi connectivity index (χ3v) is 3.78. The lowest BCUT2D eigenvalue weighted by Crippen LogP contribution is -2.15. The van der Waals surface area contributed by atoms with Gasteiger partial charge in [0.05, 0.1) is 25.3 Å². The second kappa shape index (κ2) is 6.43.